The molecule has 1 fully saturated rings. The quantitative estimate of drug-likeness (QED) is 0.733. The van der Waals surface area contributed by atoms with Crippen LogP contribution >= 0.6 is 0 Å². The molecule has 3 N–H and O–H groups in total. The van der Waals surface area contributed by atoms with Crippen LogP contribution in [0.4, 0.5) is 0 Å². The van der Waals surface area contributed by atoms with Crippen LogP contribution in [0.2, 0.25) is 0 Å². The Hall–Kier alpha value is -2.83. The minimum absolute atomic E-state index is 0.119. The van der Waals surface area contributed by atoms with Crippen LogP contribution in [0.5, 0.6) is 0 Å². The van der Waals surface area contributed by atoms with Gasteiger partial charge in [-0.05, 0) is 38.8 Å². The Labute approximate surface area is 164 Å². The minimum Gasteiger partial charge on any atom is -0.361 e. The number of nitrogens with zero attached hydrogens (tertiary/aromatic N) is 1. The fraction of sp³-hybridized carbons (Fsp3) is 0.476. The fourth-order valence-corrected chi connectivity index (χ4v) is 3.69. The van der Waals surface area contributed by atoms with Gasteiger partial charge in [-0.15, -0.1) is 0 Å². The van der Waals surface area contributed by atoms with E-state index >= 15 is 0 Å². The molecule has 150 valence electrons. The highest BCUT2D eigenvalue weighted by Crippen LogP contribution is 2.22. The Bertz CT molecular complexity index is 896. The number of fused-ring (bicyclic) bond motifs is 1. The number of carbonyl (C=O) groups is 3. The average molecular weight is 384 g/mol. The van der Waals surface area contributed by atoms with Crippen molar-refractivity contribution in [2.75, 3.05) is 6.54 Å². The van der Waals surface area contributed by atoms with E-state index in [9.17, 15) is 14.4 Å². The Morgan fingerprint density at radius 2 is 1.93 bits per heavy atom. The molecule has 2 heterocycles. The predicted octanol–water partition coefficient (Wildman–Crippen LogP) is 1.73. The summed E-state index contributed by atoms with van der Waals surface area (Å²) in [6.07, 6.45) is 2.70. The number of nitrogens with one attached hydrogen (secondary N) is 3. The molecule has 7 heteroatoms. The first-order chi connectivity index (χ1) is 13.2. The maximum absolute atomic E-state index is 13.1. The van der Waals surface area contributed by atoms with Gasteiger partial charge >= 0.3 is 0 Å². The Morgan fingerprint density at radius 3 is 2.61 bits per heavy atom. The summed E-state index contributed by atoms with van der Waals surface area (Å²) in [4.78, 5) is 42.7. The highest BCUT2D eigenvalue weighted by Gasteiger charge is 2.40. The monoisotopic (exact) mass is 384 g/mol. The summed E-state index contributed by atoms with van der Waals surface area (Å²) in [5.74, 6) is -0.698. The molecule has 3 rings (SSSR count). The first-order valence-electron chi connectivity index (χ1n) is 9.66. The molecule has 1 aliphatic heterocycles. The average Bonchev–Trinajstić information content (AvgIpc) is 3.01. The van der Waals surface area contributed by atoms with E-state index < -0.39 is 17.6 Å². The van der Waals surface area contributed by atoms with Crippen LogP contribution in [0, 0.1) is 0 Å². The Balaban J connectivity index is 1.80. The molecule has 1 aromatic heterocycles. The van der Waals surface area contributed by atoms with Gasteiger partial charge in [0.1, 0.15) is 18.6 Å². The highest BCUT2D eigenvalue weighted by atomic mass is 16.2. The van der Waals surface area contributed by atoms with E-state index in [1.54, 1.807) is 0 Å². The van der Waals surface area contributed by atoms with E-state index in [-0.39, 0.29) is 24.3 Å². The zero-order valence-corrected chi connectivity index (χ0v) is 16.8. The number of H-pyrrole nitrogens is 1. The van der Waals surface area contributed by atoms with Gasteiger partial charge < -0.3 is 20.5 Å². The van der Waals surface area contributed by atoms with Crippen LogP contribution in [0.3, 0.4) is 0 Å². The molecular formula is C21H28N4O3. The van der Waals surface area contributed by atoms with Gasteiger partial charge in [0.15, 0.2) is 0 Å². The lowest BCUT2D eigenvalue weighted by atomic mass is 9.98. The van der Waals surface area contributed by atoms with Crippen molar-refractivity contribution in [3.05, 3.63) is 36.0 Å². The molecule has 1 saturated heterocycles. The second-order valence-electron chi connectivity index (χ2n) is 8.31. The van der Waals surface area contributed by atoms with Crippen molar-refractivity contribution in [3.63, 3.8) is 0 Å². The van der Waals surface area contributed by atoms with Crippen LogP contribution in [0.1, 0.15) is 39.7 Å². The lowest BCUT2D eigenvalue weighted by Crippen LogP contribution is -2.65. The van der Waals surface area contributed by atoms with E-state index in [0.717, 1.165) is 16.5 Å². The number of carbonyl (C=O) groups excluding carboxylic acids is 3. The summed E-state index contributed by atoms with van der Waals surface area (Å²) < 4.78 is 0. The SMILES string of the molecule is CCC1C(=O)N[C@H](Cc2c[nH]c3ccccc23)C(=O)N1CC(=O)NC(C)(C)C. The topological polar surface area (TPSA) is 94.3 Å². The molecule has 1 unspecified atom stereocenters. The number of aromatic amines is 1. The maximum Gasteiger partial charge on any atom is 0.246 e. The smallest absolute Gasteiger partial charge is 0.246 e. The normalized spacial score (nSPS) is 20.4. The van der Waals surface area contributed by atoms with Gasteiger partial charge in [-0.3, -0.25) is 14.4 Å². The number of benzene rings is 1. The van der Waals surface area contributed by atoms with Gasteiger partial charge in [0.05, 0.1) is 0 Å². The first-order valence-corrected chi connectivity index (χ1v) is 9.66. The third-order valence-electron chi connectivity index (χ3n) is 4.89. The van der Waals surface area contributed by atoms with E-state index in [4.69, 9.17) is 0 Å². The first kappa shape index (κ1) is 19.9. The summed E-state index contributed by atoms with van der Waals surface area (Å²) >= 11 is 0. The second-order valence-corrected chi connectivity index (χ2v) is 8.31. The number of aromatic nitrogens is 1. The number of piperazine rings is 1. The van der Waals surface area contributed by atoms with Gasteiger partial charge in [-0.2, -0.15) is 0 Å². The summed E-state index contributed by atoms with van der Waals surface area (Å²) in [6, 6.07) is 6.53. The van der Waals surface area contributed by atoms with Crippen LogP contribution in [-0.2, 0) is 20.8 Å². The summed E-state index contributed by atoms with van der Waals surface area (Å²) in [7, 11) is 0. The maximum atomic E-state index is 13.1. The number of hydrogen-bond donors (Lipinski definition) is 3. The molecule has 0 bridgehead atoms. The van der Waals surface area contributed by atoms with Crippen LogP contribution < -0.4 is 10.6 Å². The van der Waals surface area contributed by atoms with Gasteiger partial charge in [0, 0.05) is 29.1 Å². The van der Waals surface area contributed by atoms with Crippen molar-refractivity contribution in [1.29, 1.82) is 0 Å². The number of para-hydroxylation sites is 1. The zero-order valence-electron chi connectivity index (χ0n) is 16.8. The van der Waals surface area contributed by atoms with Crippen molar-refractivity contribution < 1.29 is 14.4 Å². The van der Waals surface area contributed by atoms with E-state index in [1.165, 1.54) is 4.90 Å². The standard InChI is InChI=1S/C21H28N4O3/c1-5-17-19(27)23-16(10-13-11-22-15-9-7-6-8-14(13)15)20(28)25(17)12-18(26)24-21(2,3)4/h6-9,11,16-17,22H,5,10,12H2,1-4H3,(H,23,27)(H,24,26)/t16-,17?/m1/s1. The molecule has 1 aromatic carbocycles. The summed E-state index contributed by atoms with van der Waals surface area (Å²) in [6.45, 7) is 7.37. The zero-order chi connectivity index (χ0) is 20.5. The van der Waals surface area contributed by atoms with Gasteiger partial charge in [0.2, 0.25) is 17.7 Å². The molecule has 0 saturated carbocycles. The van der Waals surface area contributed by atoms with Crippen molar-refractivity contribution in [1.82, 2.24) is 20.5 Å². The second kappa shape index (κ2) is 7.66. The summed E-state index contributed by atoms with van der Waals surface area (Å²) in [5.41, 5.74) is 1.55. The molecular weight excluding hydrogens is 356 g/mol. The number of amides is 3. The van der Waals surface area contributed by atoms with Crippen LogP contribution in [0.25, 0.3) is 10.9 Å². The molecule has 7 nitrogen and oxygen atoms in total. The number of hydrogen-bond acceptors (Lipinski definition) is 3. The fourth-order valence-electron chi connectivity index (χ4n) is 3.69. The van der Waals surface area contributed by atoms with E-state index in [0.29, 0.717) is 12.8 Å². The number of rotatable bonds is 5. The Morgan fingerprint density at radius 1 is 1.21 bits per heavy atom. The van der Waals surface area contributed by atoms with Gasteiger partial charge in [0.25, 0.3) is 0 Å². The molecule has 0 spiro atoms. The van der Waals surface area contributed by atoms with E-state index in [1.807, 2.05) is 58.2 Å². The molecule has 0 radical (unpaired) electrons. The molecule has 28 heavy (non-hydrogen) atoms. The Kier molecular flexibility index (Phi) is 5.45. The lowest BCUT2D eigenvalue weighted by molar-refractivity contribution is -0.151. The molecule has 2 atom stereocenters. The van der Waals surface area contributed by atoms with Crippen LogP contribution in [-0.4, -0.2) is 51.8 Å². The van der Waals surface area contributed by atoms with Crippen LogP contribution in [0.15, 0.2) is 30.5 Å². The molecule has 3 amide bonds. The van der Waals surface area contributed by atoms with Crippen molar-refractivity contribution >= 4 is 28.6 Å². The van der Waals surface area contributed by atoms with Gasteiger partial charge in [-0.1, -0.05) is 25.1 Å². The third kappa shape index (κ3) is 4.18. The van der Waals surface area contributed by atoms with Crippen molar-refractivity contribution in [2.24, 2.45) is 0 Å². The van der Waals surface area contributed by atoms with E-state index in [2.05, 4.69) is 15.6 Å². The molecule has 1 aliphatic rings. The lowest BCUT2D eigenvalue weighted by Gasteiger charge is -2.38. The third-order valence-corrected chi connectivity index (χ3v) is 4.89. The largest absolute Gasteiger partial charge is 0.361 e. The van der Waals surface area contributed by atoms with Gasteiger partial charge in [-0.25, -0.2) is 0 Å². The summed E-state index contributed by atoms with van der Waals surface area (Å²) in [5, 5.41) is 6.73. The predicted molar refractivity (Wildman–Crippen MR) is 108 cm³/mol. The van der Waals surface area contributed by atoms with Crippen molar-refractivity contribution in [2.45, 2.75) is 58.2 Å². The van der Waals surface area contributed by atoms with Crippen molar-refractivity contribution in [3.8, 4) is 0 Å². The molecule has 0 aliphatic carbocycles. The molecule has 2 aromatic rings. The minimum atomic E-state index is -0.683. The highest BCUT2D eigenvalue weighted by molar-refractivity contribution is 5.99.